The van der Waals surface area contributed by atoms with Crippen LogP contribution in [-0.2, 0) is 5.21 Å². The number of imidazole rings is 1. The van der Waals surface area contributed by atoms with Crippen molar-refractivity contribution in [3.05, 3.63) is 120 Å². The Balaban J connectivity index is 1.45. The largest absolute Gasteiger partial charge is 0.455 e. The Morgan fingerprint density at radius 3 is 1.94 bits per heavy atom. The Morgan fingerprint density at radius 2 is 1.30 bits per heavy atom. The minimum Gasteiger partial charge on any atom is -0.455 e. The van der Waals surface area contributed by atoms with Gasteiger partial charge < -0.3 is 4.42 Å². The molecule has 0 aliphatic heterocycles. The highest BCUT2D eigenvalue weighted by atomic mass is 19.4. The van der Waals surface area contributed by atoms with Crippen LogP contribution >= 0.6 is 0 Å². The Hall–Kier alpha value is -4.71. The summed E-state index contributed by atoms with van der Waals surface area (Å²) in [7, 11) is 3.35. The lowest BCUT2D eigenvalue weighted by atomic mass is 9.40. The Labute approximate surface area is 293 Å². The number of furan rings is 1. The highest BCUT2D eigenvalue weighted by molar-refractivity contribution is 6.40. The molecule has 7 rings (SSSR count). The predicted molar refractivity (Wildman–Crippen MR) is 206 cm³/mol. The molecule has 5 aromatic carbocycles. The summed E-state index contributed by atoms with van der Waals surface area (Å²) in [6.45, 7) is 11.4. The zero-order valence-corrected chi connectivity index (χ0v) is 29.9. The first-order valence-electron chi connectivity index (χ1n) is 17.4. The highest BCUT2D eigenvalue weighted by Gasteiger charge is 2.56. The van der Waals surface area contributed by atoms with E-state index in [0.29, 0.717) is 5.56 Å². The molecule has 0 aliphatic carbocycles. The number of halogens is 3. The molecular formula is C42H41B2F3N2O. The second kappa shape index (κ2) is 12.0. The lowest BCUT2D eigenvalue weighted by molar-refractivity contribution is -0.217. The minimum atomic E-state index is -4.34. The van der Waals surface area contributed by atoms with Crippen LogP contribution in [0.1, 0.15) is 70.1 Å². The van der Waals surface area contributed by atoms with E-state index in [4.69, 9.17) is 9.40 Å². The number of alkyl halides is 3. The maximum Gasteiger partial charge on any atom is 0.393 e. The minimum absolute atomic E-state index is 0.157. The van der Waals surface area contributed by atoms with Crippen molar-refractivity contribution in [2.75, 3.05) is 0 Å². The maximum atomic E-state index is 14.1. The molecule has 0 radical (unpaired) electrons. The van der Waals surface area contributed by atoms with E-state index in [1.165, 1.54) is 13.8 Å². The average Bonchev–Trinajstić information content (AvgIpc) is 3.66. The lowest BCUT2D eigenvalue weighted by Crippen LogP contribution is -2.52. The molecule has 50 heavy (non-hydrogen) atoms. The third-order valence-electron chi connectivity index (χ3n) is 11.1. The summed E-state index contributed by atoms with van der Waals surface area (Å²) in [6.07, 6.45) is -4.34. The van der Waals surface area contributed by atoms with Gasteiger partial charge in [-0.15, -0.1) is 0 Å². The molecule has 0 aliphatic rings. The van der Waals surface area contributed by atoms with Gasteiger partial charge in [0, 0.05) is 10.8 Å². The van der Waals surface area contributed by atoms with Gasteiger partial charge in [-0.2, -0.15) is 13.2 Å². The first kappa shape index (κ1) is 33.8. The van der Waals surface area contributed by atoms with E-state index in [9.17, 15) is 13.2 Å². The van der Waals surface area contributed by atoms with Gasteiger partial charge in [0.2, 0.25) is 0 Å². The standard InChI is InChI=1S/C42H41B2F3N2O/c1-24(2)32-22-27(26-18-20-28(21-19-26)41(43,44)40(5,6)42(45,46)47)23-33(25(3)4)37(32)49-35-16-9-8-15-34(35)48-39(49)31-14-11-13-30-29-12-7-10-17-36(29)50-38(30)31/h7-25H,43-44H2,1-6H3. The van der Waals surface area contributed by atoms with E-state index >= 15 is 0 Å². The van der Waals surface area contributed by atoms with Crippen molar-refractivity contribution in [1.82, 2.24) is 9.55 Å². The van der Waals surface area contributed by atoms with E-state index in [1.807, 2.05) is 54.6 Å². The van der Waals surface area contributed by atoms with Crippen LogP contribution in [0.25, 0.3) is 61.2 Å². The smallest absolute Gasteiger partial charge is 0.393 e. The number of hydrogen-bond acceptors (Lipinski definition) is 2. The van der Waals surface area contributed by atoms with Gasteiger partial charge in [0.15, 0.2) is 0 Å². The molecule has 8 heteroatoms. The van der Waals surface area contributed by atoms with Crippen LogP contribution in [0, 0.1) is 5.41 Å². The summed E-state index contributed by atoms with van der Waals surface area (Å²) in [4.78, 5) is 5.25. The van der Waals surface area contributed by atoms with Crippen LogP contribution in [0.2, 0.25) is 0 Å². The van der Waals surface area contributed by atoms with Crippen molar-refractivity contribution in [1.29, 1.82) is 0 Å². The van der Waals surface area contributed by atoms with Crippen molar-refractivity contribution < 1.29 is 17.6 Å². The van der Waals surface area contributed by atoms with Crippen LogP contribution in [0.15, 0.2) is 108 Å². The third kappa shape index (κ3) is 5.26. The summed E-state index contributed by atoms with van der Waals surface area (Å²) in [5.41, 5.74) is 8.63. The molecule has 252 valence electrons. The number of rotatable bonds is 7. The first-order chi connectivity index (χ1) is 23.6. The zero-order chi connectivity index (χ0) is 35.7. The molecule has 0 unspecified atom stereocenters. The van der Waals surface area contributed by atoms with Gasteiger partial charge in [0.25, 0.3) is 0 Å². The van der Waals surface area contributed by atoms with Gasteiger partial charge in [-0.05, 0) is 75.7 Å². The van der Waals surface area contributed by atoms with Crippen molar-refractivity contribution in [2.45, 2.75) is 64.8 Å². The number of para-hydroxylation sites is 4. The summed E-state index contributed by atoms with van der Waals surface area (Å²) in [5.74, 6) is 1.12. The normalized spacial score (nSPS) is 13.0. The van der Waals surface area contributed by atoms with E-state index in [-0.39, 0.29) is 11.8 Å². The van der Waals surface area contributed by atoms with Gasteiger partial charge in [-0.1, -0.05) is 114 Å². The van der Waals surface area contributed by atoms with Crippen molar-refractivity contribution in [3.8, 4) is 28.2 Å². The Morgan fingerprint density at radius 1 is 0.700 bits per heavy atom. The van der Waals surface area contributed by atoms with Gasteiger partial charge in [0.05, 0.1) is 27.7 Å². The number of nitrogens with zero attached hydrogens (tertiary/aromatic N) is 2. The Kier molecular flexibility index (Phi) is 8.08. The van der Waals surface area contributed by atoms with Crippen LogP contribution in [-0.4, -0.2) is 31.4 Å². The first-order valence-corrected chi connectivity index (χ1v) is 17.4. The van der Waals surface area contributed by atoms with E-state index < -0.39 is 16.8 Å². The molecule has 0 saturated carbocycles. The SMILES string of the molecule is BC(B)(c1ccc(-c2cc(C(C)C)c(-n3c(-c4cccc5c4oc4ccccc45)nc4ccccc43)c(C(C)C)c2)cc1)C(C)(C)C(F)(F)F. The lowest BCUT2D eigenvalue weighted by Gasteiger charge is -2.43. The van der Waals surface area contributed by atoms with E-state index in [0.717, 1.165) is 72.3 Å². The van der Waals surface area contributed by atoms with Gasteiger partial charge in [-0.25, -0.2) is 4.98 Å². The van der Waals surface area contributed by atoms with Crippen LogP contribution in [0.4, 0.5) is 13.2 Å². The van der Waals surface area contributed by atoms with E-state index in [1.54, 1.807) is 15.7 Å². The van der Waals surface area contributed by atoms with Crippen molar-refractivity contribution in [2.24, 2.45) is 5.41 Å². The van der Waals surface area contributed by atoms with Crippen LogP contribution in [0.5, 0.6) is 0 Å². The topological polar surface area (TPSA) is 31.0 Å². The highest BCUT2D eigenvalue weighted by Crippen LogP contribution is 2.49. The van der Waals surface area contributed by atoms with Crippen molar-refractivity contribution >= 4 is 48.7 Å². The number of hydrogen-bond donors (Lipinski definition) is 0. The molecule has 2 heterocycles. The fourth-order valence-electron chi connectivity index (χ4n) is 7.14. The summed E-state index contributed by atoms with van der Waals surface area (Å²) < 4.78 is 51.1. The number of benzene rings is 5. The maximum absolute atomic E-state index is 14.1. The fourth-order valence-corrected chi connectivity index (χ4v) is 7.14. The summed E-state index contributed by atoms with van der Waals surface area (Å²) in [5, 5.41) is 0.991. The fraction of sp³-hybridized carbons (Fsp3) is 0.262. The molecular weight excluding hydrogens is 627 g/mol. The van der Waals surface area contributed by atoms with E-state index in [2.05, 4.69) is 80.8 Å². The average molecular weight is 668 g/mol. The number of fused-ring (bicyclic) bond motifs is 4. The predicted octanol–water partition coefficient (Wildman–Crippen LogP) is 10.5. The second-order valence-corrected chi connectivity index (χ2v) is 15.2. The molecule has 0 bridgehead atoms. The van der Waals surface area contributed by atoms with Crippen LogP contribution < -0.4 is 0 Å². The quantitative estimate of drug-likeness (QED) is 0.158. The molecule has 0 saturated heterocycles. The van der Waals surface area contributed by atoms with Gasteiger partial charge >= 0.3 is 6.18 Å². The third-order valence-corrected chi connectivity index (χ3v) is 11.1. The molecule has 0 atom stereocenters. The van der Waals surface area contributed by atoms with Gasteiger partial charge in [0.1, 0.15) is 32.7 Å². The molecule has 0 N–H and O–H groups in total. The molecule has 0 amide bonds. The molecule has 7 aromatic rings. The molecule has 0 spiro atoms. The zero-order valence-electron chi connectivity index (χ0n) is 29.9. The van der Waals surface area contributed by atoms with Gasteiger partial charge in [-0.3, -0.25) is 4.57 Å². The Bertz CT molecular complexity index is 2350. The second-order valence-electron chi connectivity index (χ2n) is 15.2. The van der Waals surface area contributed by atoms with Crippen molar-refractivity contribution in [3.63, 3.8) is 0 Å². The summed E-state index contributed by atoms with van der Waals surface area (Å²) in [6, 6.07) is 34.7. The number of aromatic nitrogens is 2. The molecule has 3 nitrogen and oxygen atoms in total. The molecule has 2 aromatic heterocycles. The molecule has 0 fully saturated rings. The van der Waals surface area contributed by atoms with Crippen LogP contribution in [0.3, 0.4) is 0 Å². The monoisotopic (exact) mass is 668 g/mol. The summed E-state index contributed by atoms with van der Waals surface area (Å²) >= 11 is 0.